The van der Waals surface area contributed by atoms with Crippen molar-refractivity contribution in [1.29, 1.82) is 0 Å². The first-order valence-corrected chi connectivity index (χ1v) is 7.30. The topological polar surface area (TPSA) is 100 Å². The molecular formula is C15H23N3O3. The Morgan fingerprint density at radius 2 is 1.95 bits per heavy atom. The van der Waals surface area contributed by atoms with Crippen LogP contribution < -0.4 is 11.5 Å². The summed E-state index contributed by atoms with van der Waals surface area (Å²) in [5.74, 6) is -0.860. The lowest BCUT2D eigenvalue weighted by atomic mass is 9.99. The summed E-state index contributed by atoms with van der Waals surface area (Å²) in [7, 11) is 0. The summed E-state index contributed by atoms with van der Waals surface area (Å²) in [4.78, 5) is 23.4. The van der Waals surface area contributed by atoms with E-state index in [4.69, 9.17) is 16.2 Å². The summed E-state index contributed by atoms with van der Waals surface area (Å²) in [6.45, 7) is 5.90. The minimum absolute atomic E-state index is 0.0152. The number of carbonyl (C=O) groups excluding carboxylic acids is 2. The summed E-state index contributed by atoms with van der Waals surface area (Å²) in [6.07, 6.45) is 2.22. The second-order valence-corrected chi connectivity index (χ2v) is 5.56. The van der Waals surface area contributed by atoms with E-state index in [1.807, 2.05) is 13.8 Å². The van der Waals surface area contributed by atoms with Gasteiger partial charge in [0.2, 0.25) is 5.91 Å². The average molecular weight is 293 g/mol. The summed E-state index contributed by atoms with van der Waals surface area (Å²) in [5.41, 5.74) is 14.3. The highest BCUT2D eigenvalue weighted by molar-refractivity contribution is 5.93. The number of nitrogens with two attached hydrogens (primary N) is 2. The number of carbonyl (C=O) groups is 2. The molecule has 1 fully saturated rings. The second kappa shape index (κ2) is 5.89. The van der Waals surface area contributed by atoms with Crippen molar-refractivity contribution < 1.29 is 14.3 Å². The first kappa shape index (κ1) is 15.6. The first-order valence-electron chi connectivity index (χ1n) is 7.30. The zero-order valence-corrected chi connectivity index (χ0v) is 12.8. The standard InChI is InChI=1S/C15H23N3O3/c1-4-21-15(20)14-9(3)18(10-5-6-10)8(2)13(14)11(16)7-12(17)19/h10-11H,4-7,16H2,1-3H3,(H2,17,19). The van der Waals surface area contributed by atoms with Gasteiger partial charge in [-0.25, -0.2) is 4.79 Å². The van der Waals surface area contributed by atoms with Crippen molar-refractivity contribution in [3.05, 3.63) is 22.5 Å². The first-order chi connectivity index (χ1) is 9.88. The molecule has 1 aliphatic rings. The van der Waals surface area contributed by atoms with E-state index in [0.717, 1.165) is 24.2 Å². The molecule has 116 valence electrons. The SMILES string of the molecule is CCOC(=O)c1c(C(N)CC(N)=O)c(C)n(C2CC2)c1C. The maximum Gasteiger partial charge on any atom is 0.340 e. The van der Waals surface area contributed by atoms with E-state index in [2.05, 4.69) is 4.57 Å². The Kier molecular flexibility index (Phi) is 4.37. The fourth-order valence-electron chi connectivity index (χ4n) is 2.99. The van der Waals surface area contributed by atoms with Crippen LogP contribution in [0, 0.1) is 13.8 Å². The van der Waals surface area contributed by atoms with E-state index in [1.54, 1.807) is 6.92 Å². The Bertz CT molecular complexity index is 573. The molecule has 1 saturated carbocycles. The van der Waals surface area contributed by atoms with Gasteiger partial charge < -0.3 is 20.8 Å². The Hall–Kier alpha value is -1.82. The van der Waals surface area contributed by atoms with Crippen LogP contribution in [0.4, 0.5) is 0 Å². The molecule has 21 heavy (non-hydrogen) atoms. The molecular weight excluding hydrogens is 270 g/mol. The van der Waals surface area contributed by atoms with E-state index in [9.17, 15) is 9.59 Å². The van der Waals surface area contributed by atoms with Gasteiger partial charge in [-0.3, -0.25) is 4.79 Å². The van der Waals surface area contributed by atoms with Crippen LogP contribution in [-0.4, -0.2) is 23.1 Å². The van der Waals surface area contributed by atoms with Gasteiger partial charge in [0.1, 0.15) is 0 Å². The fraction of sp³-hybridized carbons (Fsp3) is 0.600. The van der Waals surface area contributed by atoms with Crippen molar-refractivity contribution in [1.82, 2.24) is 4.57 Å². The quantitative estimate of drug-likeness (QED) is 0.776. The van der Waals surface area contributed by atoms with Crippen molar-refractivity contribution in [2.75, 3.05) is 6.61 Å². The summed E-state index contributed by atoms with van der Waals surface area (Å²) < 4.78 is 7.29. The molecule has 0 radical (unpaired) electrons. The highest BCUT2D eigenvalue weighted by Gasteiger charge is 2.34. The lowest BCUT2D eigenvalue weighted by molar-refractivity contribution is -0.118. The summed E-state index contributed by atoms with van der Waals surface area (Å²) in [6, 6.07) is -0.159. The molecule has 0 aliphatic heterocycles. The Morgan fingerprint density at radius 3 is 2.43 bits per heavy atom. The Balaban J connectivity index is 2.51. The maximum absolute atomic E-state index is 12.3. The normalized spacial score (nSPS) is 15.8. The van der Waals surface area contributed by atoms with Crippen molar-refractivity contribution in [2.24, 2.45) is 11.5 Å². The minimum Gasteiger partial charge on any atom is -0.462 e. The zero-order valence-electron chi connectivity index (χ0n) is 12.8. The molecule has 0 saturated heterocycles. The molecule has 6 heteroatoms. The number of hydrogen-bond donors (Lipinski definition) is 2. The summed E-state index contributed by atoms with van der Waals surface area (Å²) >= 11 is 0. The largest absolute Gasteiger partial charge is 0.462 e. The lowest BCUT2D eigenvalue weighted by Gasteiger charge is -2.13. The molecule has 2 rings (SSSR count). The van der Waals surface area contributed by atoms with Crippen molar-refractivity contribution >= 4 is 11.9 Å². The smallest absolute Gasteiger partial charge is 0.340 e. The zero-order chi connectivity index (χ0) is 15.7. The number of aromatic nitrogens is 1. The molecule has 6 nitrogen and oxygen atoms in total. The van der Waals surface area contributed by atoms with Gasteiger partial charge in [0.05, 0.1) is 12.2 Å². The Labute approximate surface area is 124 Å². The number of esters is 1. The van der Waals surface area contributed by atoms with Crippen LogP contribution in [0.1, 0.15) is 65.6 Å². The summed E-state index contributed by atoms with van der Waals surface area (Å²) in [5, 5.41) is 0. The molecule has 1 aliphatic carbocycles. The predicted molar refractivity (Wildman–Crippen MR) is 78.9 cm³/mol. The van der Waals surface area contributed by atoms with Crippen LogP contribution in [-0.2, 0) is 9.53 Å². The number of primary amides is 1. The molecule has 1 atom stereocenters. The van der Waals surface area contributed by atoms with Crippen LogP contribution in [0.15, 0.2) is 0 Å². The number of rotatable bonds is 6. The molecule has 1 unspecified atom stereocenters. The third kappa shape index (κ3) is 2.95. The monoisotopic (exact) mass is 293 g/mol. The molecule has 0 aromatic carbocycles. The average Bonchev–Trinajstić information content (AvgIpc) is 3.15. The highest BCUT2D eigenvalue weighted by Crippen LogP contribution is 2.41. The van der Waals surface area contributed by atoms with Crippen molar-refractivity contribution in [2.45, 2.75) is 52.1 Å². The van der Waals surface area contributed by atoms with E-state index >= 15 is 0 Å². The van der Waals surface area contributed by atoms with E-state index in [1.165, 1.54) is 0 Å². The number of hydrogen-bond acceptors (Lipinski definition) is 4. The van der Waals surface area contributed by atoms with Gasteiger partial charge in [0.15, 0.2) is 0 Å². The van der Waals surface area contributed by atoms with Gasteiger partial charge in [-0.05, 0) is 33.6 Å². The van der Waals surface area contributed by atoms with E-state index in [-0.39, 0.29) is 12.4 Å². The van der Waals surface area contributed by atoms with Crippen LogP contribution in [0.2, 0.25) is 0 Å². The molecule has 0 spiro atoms. The number of nitrogens with zero attached hydrogens (tertiary/aromatic N) is 1. The van der Waals surface area contributed by atoms with E-state index < -0.39 is 11.9 Å². The van der Waals surface area contributed by atoms with Crippen LogP contribution >= 0.6 is 0 Å². The molecule has 4 N–H and O–H groups in total. The van der Waals surface area contributed by atoms with Gasteiger partial charge in [0.25, 0.3) is 0 Å². The molecule has 1 amide bonds. The van der Waals surface area contributed by atoms with Crippen molar-refractivity contribution in [3.8, 4) is 0 Å². The number of amides is 1. The van der Waals surface area contributed by atoms with Gasteiger partial charge in [0, 0.05) is 35.5 Å². The van der Waals surface area contributed by atoms with Crippen molar-refractivity contribution in [3.63, 3.8) is 0 Å². The molecule has 1 aromatic heterocycles. The van der Waals surface area contributed by atoms with Gasteiger partial charge in [-0.2, -0.15) is 0 Å². The molecule has 0 bridgehead atoms. The van der Waals surface area contributed by atoms with Gasteiger partial charge in [-0.1, -0.05) is 0 Å². The highest BCUT2D eigenvalue weighted by atomic mass is 16.5. The third-order valence-electron chi connectivity index (χ3n) is 3.93. The van der Waals surface area contributed by atoms with Crippen LogP contribution in [0.25, 0.3) is 0 Å². The molecule has 1 heterocycles. The minimum atomic E-state index is -0.583. The van der Waals surface area contributed by atoms with Gasteiger partial charge in [-0.15, -0.1) is 0 Å². The van der Waals surface area contributed by atoms with Gasteiger partial charge >= 0.3 is 5.97 Å². The lowest BCUT2D eigenvalue weighted by Crippen LogP contribution is -2.23. The molecule has 1 aromatic rings. The second-order valence-electron chi connectivity index (χ2n) is 5.56. The van der Waals surface area contributed by atoms with Crippen LogP contribution in [0.3, 0.4) is 0 Å². The predicted octanol–water partition coefficient (Wildman–Crippen LogP) is 1.49. The fourth-order valence-corrected chi connectivity index (χ4v) is 2.99. The number of ether oxygens (including phenoxy) is 1. The maximum atomic E-state index is 12.3. The third-order valence-corrected chi connectivity index (χ3v) is 3.93. The van der Waals surface area contributed by atoms with Crippen LogP contribution in [0.5, 0.6) is 0 Å². The Morgan fingerprint density at radius 1 is 1.33 bits per heavy atom. The van der Waals surface area contributed by atoms with E-state index in [0.29, 0.717) is 23.8 Å².